The van der Waals surface area contributed by atoms with E-state index in [1.54, 1.807) is 6.92 Å². The zero-order valence-electron chi connectivity index (χ0n) is 13.6. The molecular weight excluding hydrogens is 349 g/mol. The third-order valence-electron chi connectivity index (χ3n) is 3.95. The summed E-state index contributed by atoms with van der Waals surface area (Å²) in [4.78, 5) is 24.0. The molecule has 1 aromatic heterocycles. The van der Waals surface area contributed by atoms with Crippen LogP contribution in [0.2, 0.25) is 5.02 Å². The van der Waals surface area contributed by atoms with E-state index < -0.39 is 11.7 Å². The van der Waals surface area contributed by atoms with Crippen molar-refractivity contribution in [3.63, 3.8) is 0 Å². The average molecular weight is 366 g/mol. The lowest BCUT2D eigenvalue weighted by molar-refractivity contribution is -0.122. The van der Waals surface area contributed by atoms with Crippen molar-refractivity contribution in [2.75, 3.05) is 13.1 Å². The second-order valence-corrected chi connectivity index (χ2v) is 6.29. The number of hydrogen-bond acceptors (Lipinski definition) is 4. The fourth-order valence-electron chi connectivity index (χ4n) is 2.47. The van der Waals surface area contributed by atoms with E-state index in [2.05, 4.69) is 15.8 Å². The van der Waals surface area contributed by atoms with Crippen LogP contribution in [0.1, 0.15) is 29.0 Å². The third-order valence-corrected chi connectivity index (χ3v) is 4.26. The number of carbonyl (C=O) groups excluding carboxylic acids is 2. The van der Waals surface area contributed by atoms with Gasteiger partial charge in [0.25, 0.3) is 5.91 Å². The maximum absolute atomic E-state index is 14.1. The lowest BCUT2D eigenvalue weighted by atomic mass is 10.0. The highest BCUT2D eigenvalue weighted by Crippen LogP contribution is 2.33. The molecule has 2 N–H and O–H groups in total. The van der Waals surface area contributed by atoms with Gasteiger partial charge in [-0.2, -0.15) is 0 Å². The van der Waals surface area contributed by atoms with E-state index in [0.29, 0.717) is 6.54 Å². The maximum atomic E-state index is 14.1. The van der Waals surface area contributed by atoms with Crippen LogP contribution in [0, 0.1) is 18.7 Å². The summed E-state index contributed by atoms with van der Waals surface area (Å²) in [5.41, 5.74) is 0.203. The average Bonchev–Trinajstić information content (AvgIpc) is 3.35. The maximum Gasteiger partial charge on any atom is 0.257 e. The van der Waals surface area contributed by atoms with E-state index >= 15 is 0 Å². The topological polar surface area (TPSA) is 84.2 Å². The van der Waals surface area contributed by atoms with Crippen molar-refractivity contribution in [3.05, 3.63) is 40.4 Å². The summed E-state index contributed by atoms with van der Waals surface area (Å²) in [6, 6.07) is 4.22. The van der Waals surface area contributed by atoms with Crippen LogP contribution in [-0.2, 0) is 4.79 Å². The Morgan fingerprint density at radius 2 is 2.04 bits per heavy atom. The van der Waals surface area contributed by atoms with Gasteiger partial charge in [0.05, 0.1) is 10.6 Å². The van der Waals surface area contributed by atoms with Crippen molar-refractivity contribution in [2.24, 2.45) is 5.92 Å². The zero-order valence-corrected chi connectivity index (χ0v) is 14.3. The molecule has 1 aliphatic carbocycles. The standard InChI is InChI=1S/C17H17ClFN3O3/c1-9-13(17(24)21-8-7-20-16(23)10-5-6-10)15(22-25-9)14-11(18)3-2-4-12(14)19/h2-4,10H,5-8H2,1H3,(H,20,23)(H,21,24). The molecule has 0 atom stereocenters. The first-order valence-corrected chi connectivity index (χ1v) is 8.33. The molecule has 6 nitrogen and oxygen atoms in total. The van der Waals surface area contributed by atoms with Crippen LogP contribution < -0.4 is 10.6 Å². The fraction of sp³-hybridized carbons (Fsp3) is 0.353. The van der Waals surface area contributed by atoms with E-state index in [4.69, 9.17) is 16.1 Å². The molecule has 0 unspecified atom stereocenters. The molecule has 0 radical (unpaired) electrons. The van der Waals surface area contributed by atoms with Gasteiger partial charge in [-0.1, -0.05) is 22.8 Å². The van der Waals surface area contributed by atoms with Crippen LogP contribution >= 0.6 is 11.6 Å². The minimum atomic E-state index is -0.591. The minimum absolute atomic E-state index is 0.00855. The first-order chi connectivity index (χ1) is 12.0. The van der Waals surface area contributed by atoms with Gasteiger partial charge in [0.1, 0.15) is 22.8 Å². The Morgan fingerprint density at radius 1 is 1.32 bits per heavy atom. The Bertz CT molecular complexity index is 797. The van der Waals surface area contributed by atoms with Gasteiger partial charge in [0.2, 0.25) is 5.91 Å². The number of nitrogens with zero attached hydrogens (tertiary/aromatic N) is 1. The van der Waals surface area contributed by atoms with E-state index in [1.807, 2.05) is 0 Å². The quantitative estimate of drug-likeness (QED) is 0.771. The lowest BCUT2D eigenvalue weighted by Crippen LogP contribution is -2.35. The number of aromatic nitrogens is 1. The summed E-state index contributed by atoms with van der Waals surface area (Å²) in [7, 11) is 0. The molecule has 1 fully saturated rings. The molecular formula is C17H17ClFN3O3. The Morgan fingerprint density at radius 3 is 2.72 bits per heavy atom. The predicted octanol–water partition coefficient (Wildman–Crippen LogP) is 2.70. The Labute approximate surface area is 148 Å². The normalized spacial score (nSPS) is 13.6. The van der Waals surface area contributed by atoms with Gasteiger partial charge in [0.15, 0.2) is 0 Å². The highest BCUT2D eigenvalue weighted by molar-refractivity contribution is 6.33. The van der Waals surface area contributed by atoms with E-state index in [1.165, 1.54) is 18.2 Å². The van der Waals surface area contributed by atoms with Crippen LogP contribution in [0.25, 0.3) is 11.3 Å². The molecule has 0 saturated heterocycles. The number of carbonyl (C=O) groups is 2. The van der Waals surface area contributed by atoms with E-state index in [-0.39, 0.29) is 46.0 Å². The molecule has 2 amide bonds. The smallest absolute Gasteiger partial charge is 0.257 e. The fourth-order valence-corrected chi connectivity index (χ4v) is 2.73. The van der Waals surface area contributed by atoms with Crippen molar-refractivity contribution < 1.29 is 18.5 Å². The monoisotopic (exact) mass is 365 g/mol. The van der Waals surface area contributed by atoms with Gasteiger partial charge in [-0.05, 0) is 31.9 Å². The molecule has 0 bridgehead atoms. The number of halogens is 2. The SMILES string of the molecule is Cc1onc(-c2c(F)cccc2Cl)c1C(=O)NCCNC(=O)C1CC1. The predicted molar refractivity (Wildman–Crippen MR) is 89.7 cm³/mol. The summed E-state index contributed by atoms with van der Waals surface area (Å²) < 4.78 is 19.2. The molecule has 1 aromatic carbocycles. The Balaban J connectivity index is 1.70. The van der Waals surface area contributed by atoms with Crippen molar-refractivity contribution in [2.45, 2.75) is 19.8 Å². The molecule has 1 heterocycles. The van der Waals surface area contributed by atoms with Crippen LogP contribution in [0.4, 0.5) is 4.39 Å². The van der Waals surface area contributed by atoms with Gasteiger partial charge in [0, 0.05) is 19.0 Å². The van der Waals surface area contributed by atoms with Crippen LogP contribution in [0.3, 0.4) is 0 Å². The molecule has 0 aliphatic heterocycles. The van der Waals surface area contributed by atoms with Crippen LogP contribution in [0.5, 0.6) is 0 Å². The van der Waals surface area contributed by atoms with E-state index in [0.717, 1.165) is 12.8 Å². The second-order valence-electron chi connectivity index (χ2n) is 5.88. The van der Waals surface area contributed by atoms with Gasteiger partial charge in [-0.25, -0.2) is 4.39 Å². The van der Waals surface area contributed by atoms with Gasteiger partial charge >= 0.3 is 0 Å². The first kappa shape index (κ1) is 17.4. The summed E-state index contributed by atoms with van der Waals surface area (Å²) in [6.07, 6.45) is 1.84. The number of aryl methyl sites for hydroxylation is 1. The summed E-state index contributed by atoms with van der Waals surface area (Å²) in [6.45, 7) is 2.13. The van der Waals surface area contributed by atoms with Crippen molar-refractivity contribution in [1.82, 2.24) is 15.8 Å². The van der Waals surface area contributed by atoms with Crippen molar-refractivity contribution in [3.8, 4) is 11.3 Å². The van der Waals surface area contributed by atoms with Crippen molar-refractivity contribution >= 4 is 23.4 Å². The lowest BCUT2D eigenvalue weighted by Gasteiger charge is -2.08. The Hall–Kier alpha value is -2.41. The molecule has 1 saturated carbocycles. The number of nitrogens with one attached hydrogen (secondary N) is 2. The van der Waals surface area contributed by atoms with E-state index in [9.17, 15) is 14.0 Å². The minimum Gasteiger partial charge on any atom is -0.360 e. The largest absolute Gasteiger partial charge is 0.360 e. The van der Waals surface area contributed by atoms with Crippen LogP contribution in [-0.4, -0.2) is 30.1 Å². The molecule has 3 rings (SSSR count). The molecule has 1 aliphatic rings. The number of benzene rings is 1. The summed E-state index contributed by atoms with van der Waals surface area (Å²) in [5.74, 6) is -0.672. The third kappa shape index (κ3) is 3.82. The molecule has 132 valence electrons. The second kappa shape index (κ2) is 7.23. The molecule has 8 heteroatoms. The zero-order chi connectivity index (χ0) is 18.0. The van der Waals surface area contributed by atoms with Gasteiger partial charge in [-0.3, -0.25) is 9.59 Å². The number of amides is 2. The number of hydrogen-bond donors (Lipinski definition) is 2. The summed E-state index contributed by atoms with van der Waals surface area (Å²) in [5, 5.41) is 9.35. The Kier molecular flexibility index (Phi) is 5.03. The highest BCUT2D eigenvalue weighted by Gasteiger charge is 2.29. The van der Waals surface area contributed by atoms with Gasteiger partial charge in [-0.15, -0.1) is 0 Å². The number of rotatable bonds is 6. The molecule has 2 aromatic rings. The molecule has 25 heavy (non-hydrogen) atoms. The highest BCUT2D eigenvalue weighted by atomic mass is 35.5. The first-order valence-electron chi connectivity index (χ1n) is 7.95. The summed E-state index contributed by atoms with van der Waals surface area (Å²) >= 11 is 6.05. The molecule has 0 spiro atoms. The van der Waals surface area contributed by atoms with Crippen molar-refractivity contribution in [1.29, 1.82) is 0 Å². The van der Waals surface area contributed by atoms with Gasteiger partial charge < -0.3 is 15.2 Å². The van der Waals surface area contributed by atoms with Crippen LogP contribution in [0.15, 0.2) is 22.7 Å².